The minimum Gasteiger partial charge on any atom is -0.495 e. The first-order chi connectivity index (χ1) is 13.0. The Hall–Kier alpha value is -2.73. The van der Waals surface area contributed by atoms with Gasteiger partial charge in [-0.05, 0) is 60.7 Å². The van der Waals surface area contributed by atoms with Crippen LogP contribution >= 0.6 is 11.6 Å². The largest absolute Gasteiger partial charge is 0.495 e. The van der Waals surface area contributed by atoms with Gasteiger partial charge in [0.2, 0.25) is 0 Å². The van der Waals surface area contributed by atoms with Crippen LogP contribution in [0.2, 0.25) is 5.02 Å². The van der Waals surface area contributed by atoms with E-state index in [1.54, 1.807) is 36.4 Å². The Morgan fingerprint density at radius 3 is 2.48 bits per heavy atom. The van der Waals surface area contributed by atoms with E-state index in [0.29, 0.717) is 35.2 Å². The summed E-state index contributed by atoms with van der Waals surface area (Å²) in [6.45, 7) is 0.685. The van der Waals surface area contributed by atoms with Crippen molar-refractivity contribution < 1.29 is 24.2 Å². The molecule has 0 bridgehead atoms. The molecule has 0 spiro atoms. The number of carboxylic acid groups (broad SMARTS) is 1. The maximum absolute atomic E-state index is 12.5. The standard InChI is InChI=1S/C20H20ClNO5/c1-26-17-9-6-14(10-16(17)21)18(20(24)25)22-19(23)13-4-7-15(8-5-13)27-11-12-2-3-12/h4-10,12,18H,2-3,11H2,1H3,(H,22,23)(H,24,25). The molecule has 3 rings (SSSR count). The Morgan fingerprint density at radius 1 is 1.22 bits per heavy atom. The highest BCUT2D eigenvalue weighted by Crippen LogP contribution is 2.30. The second kappa shape index (κ2) is 8.31. The number of carboxylic acids is 1. The number of nitrogens with one attached hydrogen (secondary N) is 1. The van der Waals surface area contributed by atoms with E-state index in [4.69, 9.17) is 21.1 Å². The fraction of sp³-hybridized carbons (Fsp3) is 0.300. The molecular weight excluding hydrogens is 370 g/mol. The molecule has 0 saturated heterocycles. The molecule has 2 aromatic carbocycles. The number of hydrogen-bond acceptors (Lipinski definition) is 4. The maximum Gasteiger partial charge on any atom is 0.330 e. The van der Waals surface area contributed by atoms with E-state index < -0.39 is 17.9 Å². The van der Waals surface area contributed by atoms with Crippen molar-refractivity contribution >= 4 is 23.5 Å². The van der Waals surface area contributed by atoms with Crippen LogP contribution in [0.25, 0.3) is 0 Å². The third-order valence-electron chi connectivity index (χ3n) is 4.33. The Labute approximate surface area is 162 Å². The van der Waals surface area contributed by atoms with E-state index in [0.717, 1.165) is 0 Å². The third-order valence-corrected chi connectivity index (χ3v) is 4.63. The topological polar surface area (TPSA) is 84.9 Å². The van der Waals surface area contributed by atoms with Gasteiger partial charge in [0.15, 0.2) is 6.04 Å². The van der Waals surface area contributed by atoms with Gasteiger partial charge < -0.3 is 19.9 Å². The minimum absolute atomic E-state index is 0.271. The normalized spacial score (nSPS) is 14.3. The highest BCUT2D eigenvalue weighted by molar-refractivity contribution is 6.32. The number of carbonyl (C=O) groups excluding carboxylic acids is 1. The van der Waals surface area contributed by atoms with Crippen LogP contribution in [0, 0.1) is 5.92 Å². The first kappa shape index (κ1) is 19.0. The third kappa shape index (κ3) is 4.92. The highest BCUT2D eigenvalue weighted by atomic mass is 35.5. The van der Waals surface area contributed by atoms with Crippen LogP contribution in [-0.4, -0.2) is 30.7 Å². The van der Waals surface area contributed by atoms with Gasteiger partial charge in [0.1, 0.15) is 11.5 Å². The number of ether oxygens (including phenoxy) is 2. The van der Waals surface area contributed by atoms with Crippen LogP contribution in [0.4, 0.5) is 0 Å². The van der Waals surface area contributed by atoms with Crippen LogP contribution in [0.15, 0.2) is 42.5 Å². The van der Waals surface area contributed by atoms with Crippen LogP contribution in [0.3, 0.4) is 0 Å². The lowest BCUT2D eigenvalue weighted by Gasteiger charge is -2.16. The Kier molecular flexibility index (Phi) is 5.86. The lowest BCUT2D eigenvalue weighted by Crippen LogP contribution is -2.33. The molecule has 1 saturated carbocycles. The van der Waals surface area contributed by atoms with Gasteiger partial charge >= 0.3 is 5.97 Å². The number of hydrogen-bond donors (Lipinski definition) is 2. The fourth-order valence-corrected chi connectivity index (χ4v) is 2.83. The molecule has 2 aromatic rings. The Balaban J connectivity index is 1.69. The lowest BCUT2D eigenvalue weighted by molar-refractivity contribution is -0.139. The summed E-state index contributed by atoms with van der Waals surface area (Å²) in [5.74, 6) is 0.0745. The van der Waals surface area contributed by atoms with Gasteiger partial charge in [0.25, 0.3) is 5.91 Å². The maximum atomic E-state index is 12.5. The number of methoxy groups -OCH3 is 1. The van der Waals surface area contributed by atoms with Crippen molar-refractivity contribution in [1.82, 2.24) is 5.32 Å². The van der Waals surface area contributed by atoms with Crippen LogP contribution in [-0.2, 0) is 4.79 Å². The SMILES string of the molecule is COc1ccc(C(NC(=O)c2ccc(OCC3CC3)cc2)C(=O)O)cc1Cl. The molecule has 1 aliphatic rings. The Bertz CT molecular complexity index is 833. The van der Waals surface area contributed by atoms with Crippen molar-refractivity contribution in [3.8, 4) is 11.5 Å². The molecular formula is C20H20ClNO5. The summed E-state index contributed by atoms with van der Waals surface area (Å²) < 4.78 is 10.7. The number of carbonyl (C=O) groups is 2. The van der Waals surface area contributed by atoms with Crippen molar-refractivity contribution in [2.24, 2.45) is 5.92 Å². The molecule has 6 nitrogen and oxygen atoms in total. The zero-order chi connectivity index (χ0) is 19.4. The molecule has 27 heavy (non-hydrogen) atoms. The average molecular weight is 390 g/mol. The van der Waals surface area contributed by atoms with Gasteiger partial charge in [-0.1, -0.05) is 17.7 Å². The first-order valence-electron chi connectivity index (χ1n) is 8.58. The van der Waals surface area contributed by atoms with E-state index in [2.05, 4.69) is 5.32 Å². The molecule has 1 aliphatic carbocycles. The zero-order valence-corrected chi connectivity index (χ0v) is 15.5. The summed E-state index contributed by atoms with van der Waals surface area (Å²) in [7, 11) is 1.47. The smallest absolute Gasteiger partial charge is 0.330 e. The number of benzene rings is 2. The predicted molar refractivity (Wildman–Crippen MR) is 101 cm³/mol. The van der Waals surface area contributed by atoms with Crippen molar-refractivity contribution in [3.63, 3.8) is 0 Å². The van der Waals surface area contributed by atoms with Crippen molar-refractivity contribution in [1.29, 1.82) is 0 Å². The van der Waals surface area contributed by atoms with Crippen molar-refractivity contribution in [2.75, 3.05) is 13.7 Å². The summed E-state index contributed by atoms with van der Waals surface area (Å²) in [5, 5.41) is 12.3. The minimum atomic E-state index is -1.23. The number of amides is 1. The van der Waals surface area contributed by atoms with Gasteiger partial charge in [-0.3, -0.25) is 4.79 Å². The van der Waals surface area contributed by atoms with E-state index in [1.807, 2.05) is 0 Å². The summed E-state index contributed by atoms with van der Waals surface area (Å²) in [6.07, 6.45) is 2.40. The highest BCUT2D eigenvalue weighted by Gasteiger charge is 2.24. The monoisotopic (exact) mass is 389 g/mol. The van der Waals surface area contributed by atoms with Gasteiger partial charge in [-0.15, -0.1) is 0 Å². The summed E-state index contributed by atoms with van der Waals surface area (Å²) in [4.78, 5) is 24.1. The first-order valence-corrected chi connectivity index (χ1v) is 8.95. The molecule has 0 aliphatic heterocycles. The van der Waals surface area contributed by atoms with E-state index in [9.17, 15) is 14.7 Å². The lowest BCUT2D eigenvalue weighted by atomic mass is 10.1. The van der Waals surface area contributed by atoms with Gasteiger partial charge in [-0.25, -0.2) is 4.79 Å². The molecule has 1 atom stereocenters. The molecule has 0 aromatic heterocycles. The van der Waals surface area contributed by atoms with Crippen molar-refractivity contribution in [2.45, 2.75) is 18.9 Å². The second-order valence-corrected chi connectivity index (χ2v) is 6.82. The quantitative estimate of drug-likeness (QED) is 0.719. The summed E-state index contributed by atoms with van der Waals surface area (Å²) >= 11 is 6.06. The molecule has 142 valence electrons. The van der Waals surface area contributed by atoms with E-state index in [1.165, 1.54) is 26.0 Å². The van der Waals surface area contributed by atoms with Gasteiger partial charge in [0, 0.05) is 5.56 Å². The number of halogens is 1. The fourth-order valence-electron chi connectivity index (χ4n) is 2.57. The van der Waals surface area contributed by atoms with Crippen LogP contribution in [0.5, 0.6) is 11.5 Å². The van der Waals surface area contributed by atoms with Crippen LogP contribution < -0.4 is 14.8 Å². The summed E-state index contributed by atoms with van der Waals surface area (Å²) in [6, 6.07) is 9.98. The number of aliphatic carboxylic acids is 1. The zero-order valence-electron chi connectivity index (χ0n) is 14.8. The van der Waals surface area contributed by atoms with Gasteiger partial charge in [-0.2, -0.15) is 0 Å². The molecule has 7 heteroatoms. The molecule has 0 radical (unpaired) electrons. The second-order valence-electron chi connectivity index (χ2n) is 6.42. The van der Waals surface area contributed by atoms with Crippen molar-refractivity contribution in [3.05, 3.63) is 58.6 Å². The molecule has 1 unspecified atom stereocenters. The number of rotatable bonds is 8. The Morgan fingerprint density at radius 2 is 1.93 bits per heavy atom. The molecule has 1 amide bonds. The van der Waals surface area contributed by atoms with E-state index in [-0.39, 0.29) is 5.02 Å². The average Bonchev–Trinajstić information content (AvgIpc) is 3.49. The molecule has 2 N–H and O–H groups in total. The van der Waals surface area contributed by atoms with Gasteiger partial charge in [0.05, 0.1) is 18.7 Å². The molecule has 0 heterocycles. The van der Waals surface area contributed by atoms with E-state index >= 15 is 0 Å². The molecule has 1 fully saturated rings. The summed E-state index contributed by atoms with van der Waals surface area (Å²) in [5.41, 5.74) is 0.700. The van der Waals surface area contributed by atoms with Crippen LogP contribution in [0.1, 0.15) is 34.8 Å². The predicted octanol–water partition coefficient (Wildman–Crippen LogP) is 3.69.